The number of unbranched alkanes of at least 4 members (excludes halogenated alkanes) is 5. The summed E-state index contributed by atoms with van der Waals surface area (Å²) in [6.07, 6.45) is 9.74. The Balaban J connectivity index is 1.99. The summed E-state index contributed by atoms with van der Waals surface area (Å²) in [5.41, 5.74) is 0.657. The van der Waals surface area contributed by atoms with Crippen LogP contribution in [0.4, 0.5) is 0 Å². The molecule has 1 heterocycles. The van der Waals surface area contributed by atoms with Crippen LogP contribution in [0.5, 0.6) is 0 Å². The third-order valence-corrected chi connectivity index (χ3v) is 7.31. The number of amides is 3. The van der Waals surface area contributed by atoms with Crippen LogP contribution < -0.4 is 10.6 Å². The topological polar surface area (TPSA) is 156 Å². The van der Waals surface area contributed by atoms with Crippen molar-refractivity contribution in [2.24, 2.45) is 5.41 Å². The highest BCUT2D eigenvalue weighted by atomic mass is 16.4. The number of carbonyl (C=O) groups excluding carboxylic acids is 3. The fourth-order valence-corrected chi connectivity index (χ4v) is 4.94. The fraction of sp³-hybridized carbons (Fsp3) is 0.613. The van der Waals surface area contributed by atoms with Gasteiger partial charge < -0.3 is 30.9 Å². The highest BCUT2D eigenvalue weighted by Gasteiger charge is 2.44. The van der Waals surface area contributed by atoms with E-state index in [0.717, 1.165) is 25.7 Å². The molecular weight excluding hydrogens is 526 g/mol. The monoisotopic (exact) mass is 571 g/mol. The van der Waals surface area contributed by atoms with Gasteiger partial charge in [-0.1, -0.05) is 64.5 Å². The van der Waals surface area contributed by atoms with Crippen molar-refractivity contribution in [3.8, 4) is 12.3 Å². The van der Waals surface area contributed by atoms with E-state index in [1.54, 1.807) is 24.3 Å². The molecule has 41 heavy (non-hydrogen) atoms. The molecule has 1 fully saturated rings. The standard InChI is InChI=1S/C31H45N3O7/c1-5-21-14-16-22(17-15-21)24(20-35)32-29(40)25-18-23(36)19-34(25)30(41)28(31(2,3)4)33-26(37)12-10-8-6-7-9-11-13-27(38)39/h1,14-17,23-25,28,35-36H,6-13,18-20H2,2-4H3,(H,32,40)(H,33,37)(H,38,39)/t23-,24+,25+,28?/m1/s1. The summed E-state index contributed by atoms with van der Waals surface area (Å²) in [5, 5.41) is 34.6. The maximum absolute atomic E-state index is 13.7. The molecular formula is C31H45N3O7. The van der Waals surface area contributed by atoms with Gasteiger partial charge in [0.1, 0.15) is 12.1 Å². The van der Waals surface area contributed by atoms with E-state index >= 15 is 0 Å². The average molecular weight is 572 g/mol. The highest BCUT2D eigenvalue weighted by Crippen LogP contribution is 2.27. The molecule has 3 amide bonds. The molecule has 1 saturated heterocycles. The summed E-state index contributed by atoms with van der Waals surface area (Å²) >= 11 is 0. The van der Waals surface area contributed by atoms with Crippen LogP contribution in [0, 0.1) is 17.8 Å². The average Bonchev–Trinajstić information content (AvgIpc) is 3.32. The first-order valence-electron chi connectivity index (χ1n) is 14.3. The third-order valence-electron chi connectivity index (χ3n) is 7.31. The Hall–Kier alpha value is -3.42. The van der Waals surface area contributed by atoms with Gasteiger partial charge in [0.2, 0.25) is 17.7 Å². The number of carboxylic acid groups (broad SMARTS) is 1. The van der Waals surface area contributed by atoms with Gasteiger partial charge in [0, 0.05) is 31.4 Å². The van der Waals surface area contributed by atoms with Crippen LogP contribution in [0.25, 0.3) is 0 Å². The summed E-state index contributed by atoms with van der Waals surface area (Å²) in [6, 6.07) is 4.26. The number of nitrogens with zero attached hydrogens (tertiary/aromatic N) is 1. The molecule has 0 bridgehead atoms. The molecule has 2 rings (SSSR count). The van der Waals surface area contributed by atoms with Gasteiger partial charge in [0.15, 0.2) is 0 Å². The number of likely N-dealkylation sites (tertiary alicyclic amines) is 1. The van der Waals surface area contributed by atoms with E-state index < -0.39 is 47.4 Å². The molecule has 1 aromatic rings. The zero-order chi connectivity index (χ0) is 30.6. The lowest BCUT2D eigenvalue weighted by Crippen LogP contribution is -2.58. The van der Waals surface area contributed by atoms with E-state index in [1.165, 1.54) is 4.90 Å². The number of aliphatic hydroxyl groups is 2. The minimum Gasteiger partial charge on any atom is -0.481 e. The van der Waals surface area contributed by atoms with Crippen molar-refractivity contribution in [1.82, 2.24) is 15.5 Å². The molecule has 1 aliphatic rings. The lowest BCUT2D eigenvalue weighted by molar-refractivity contribution is -0.144. The maximum atomic E-state index is 13.7. The van der Waals surface area contributed by atoms with Gasteiger partial charge in [-0.25, -0.2) is 0 Å². The first-order valence-corrected chi connectivity index (χ1v) is 14.3. The fourth-order valence-electron chi connectivity index (χ4n) is 4.94. The van der Waals surface area contributed by atoms with Crippen molar-refractivity contribution in [3.63, 3.8) is 0 Å². The molecule has 1 aliphatic heterocycles. The highest BCUT2D eigenvalue weighted by molar-refractivity contribution is 5.93. The van der Waals surface area contributed by atoms with Crippen LogP contribution in [0.2, 0.25) is 0 Å². The SMILES string of the molecule is C#Cc1ccc([C@H](CO)NC(=O)[C@@H]2C[C@@H](O)CN2C(=O)C(NC(=O)CCCCCCCCC(=O)O)C(C)(C)C)cc1. The zero-order valence-electron chi connectivity index (χ0n) is 24.4. The second kappa shape index (κ2) is 16.1. The van der Waals surface area contributed by atoms with Crippen LogP contribution in [-0.2, 0) is 19.2 Å². The van der Waals surface area contributed by atoms with Crippen molar-refractivity contribution in [2.45, 2.75) is 103 Å². The van der Waals surface area contributed by atoms with E-state index in [0.29, 0.717) is 24.0 Å². The van der Waals surface area contributed by atoms with Gasteiger partial charge in [0.05, 0.1) is 18.8 Å². The van der Waals surface area contributed by atoms with Crippen LogP contribution in [0.15, 0.2) is 24.3 Å². The summed E-state index contributed by atoms with van der Waals surface area (Å²) in [7, 11) is 0. The number of rotatable bonds is 15. The molecule has 0 spiro atoms. The Morgan fingerprint density at radius 2 is 1.59 bits per heavy atom. The van der Waals surface area contributed by atoms with Crippen LogP contribution in [0.3, 0.4) is 0 Å². The van der Waals surface area contributed by atoms with E-state index in [4.69, 9.17) is 11.5 Å². The molecule has 10 nitrogen and oxygen atoms in total. The maximum Gasteiger partial charge on any atom is 0.303 e. The Morgan fingerprint density at radius 3 is 2.12 bits per heavy atom. The number of benzene rings is 1. The molecule has 1 unspecified atom stereocenters. The van der Waals surface area contributed by atoms with Crippen molar-refractivity contribution in [3.05, 3.63) is 35.4 Å². The third kappa shape index (κ3) is 10.8. The lowest BCUT2D eigenvalue weighted by atomic mass is 9.85. The summed E-state index contributed by atoms with van der Waals surface area (Å²) in [6.45, 7) is 5.08. The number of nitrogens with one attached hydrogen (secondary N) is 2. The first kappa shape index (κ1) is 33.8. The van der Waals surface area contributed by atoms with E-state index in [-0.39, 0.29) is 38.3 Å². The number of carboxylic acids is 1. The summed E-state index contributed by atoms with van der Waals surface area (Å²) < 4.78 is 0. The number of carbonyl (C=O) groups is 4. The van der Waals surface area contributed by atoms with Gasteiger partial charge >= 0.3 is 5.97 Å². The van der Waals surface area contributed by atoms with Gasteiger partial charge in [0.25, 0.3) is 0 Å². The summed E-state index contributed by atoms with van der Waals surface area (Å²) in [5.74, 6) is 0.513. The number of aliphatic carboxylic acids is 1. The number of hydrogen-bond donors (Lipinski definition) is 5. The predicted molar refractivity (Wildman–Crippen MR) is 154 cm³/mol. The minimum absolute atomic E-state index is 0.0398. The number of aliphatic hydroxyl groups excluding tert-OH is 2. The van der Waals surface area contributed by atoms with Crippen molar-refractivity contribution in [2.75, 3.05) is 13.2 Å². The molecule has 1 aromatic carbocycles. The quantitative estimate of drug-likeness (QED) is 0.160. The number of terminal acetylenes is 1. The number of β-amino-alcohol motifs (C(OH)–C–C–N with tert-alkyl or cyclic N) is 1. The van der Waals surface area contributed by atoms with Crippen molar-refractivity contribution in [1.29, 1.82) is 0 Å². The molecule has 4 atom stereocenters. The van der Waals surface area contributed by atoms with Crippen molar-refractivity contribution < 1.29 is 34.5 Å². The van der Waals surface area contributed by atoms with Crippen molar-refractivity contribution >= 4 is 23.7 Å². The van der Waals surface area contributed by atoms with E-state index in [9.17, 15) is 29.4 Å². The smallest absolute Gasteiger partial charge is 0.303 e. The second-order valence-electron chi connectivity index (χ2n) is 11.8. The molecule has 0 aliphatic carbocycles. The molecule has 0 saturated carbocycles. The van der Waals surface area contributed by atoms with Crippen LogP contribution >= 0.6 is 0 Å². The van der Waals surface area contributed by atoms with Crippen LogP contribution in [0.1, 0.15) is 95.7 Å². The Morgan fingerprint density at radius 1 is 1.00 bits per heavy atom. The number of hydrogen-bond acceptors (Lipinski definition) is 6. The summed E-state index contributed by atoms with van der Waals surface area (Å²) in [4.78, 5) is 51.7. The van der Waals surface area contributed by atoms with Gasteiger partial charge in [-0.05, 0) is 36.0 Å². The van der Waals surface area contributed by atoms with Gasteiger partial charge in [-0.15, -0.1) is 6.42 Å². The largest absolute Gasteiger partial charge is 0.481 e. The first-order chi connectivity index (χ1) is 19.4. The lowest BCUT2D eigenvalue weighted by Gasteiger charge is -2.35. The normalized spacial score (nSPS) is 18.3. The van der Waals surface area contributed by atoms with Crippen LogP contribution in [-0.4, -0.2) is 75.2 Å². The Labute approximate surface area is 242 Å². The van der Waals surface area contributed by atoms with Gasteiger partial charge in [-0.3, -0.25) is 19.2 Å². The Bertz CT molecular complexity index is 1070. The van der Waals surface area contributed by atoms with E-state index in [2.05, 4.69) is 16.6 Å². The molecule has 10 heteroatoms. The predicted octanol–water partition coefficient (Wildman–Crippen LogP) is 2.52. The second-order valence-corrected chi connectivity index (χ2v) is 11.8. The minimum atomic E-state index is -0.959. The Kier molecular flexibility index (Phi) is 13.3. The molecule has 5 N–H and O–H groups in total. The zero-order valence-corrected chi connectivity index (χ0v) is 24.4. The molecule has 0 radical (unpaired) electrons. The van der Waals surface area contributed by atoms with Gasteiger partial charge in [-0.2, -0.15) is 0 Å². The van der Waals surface area contributed by atoms with E-state index in [1.807, 2.05) is 20.8 Å². The molecule has 226 valence electrons. The molecule has 0 aromatic heterocycles.